The fraction of sp³-hybridized carbons (Fsp3) is 0.333. The second-order valence-electron chi connectivity index (χ2n) is 6.63. The van der Waals surface area contributed by atoms with Gasteiger partial charge in [0.1, 0.15) is 29.6 Å². The first-order valence-corrected chi connectivity index (χ1v) is 9.07. The highest BCUT2D eigenvalue weighted by atomic mass is 16.6. The molecule has 4 unspecified atom stereocenters. The van der Waals surface area contributed by atoms with Crippen molar-refractivity contribution in [2.24, 2.45) is 5.10 Å². The van der Waals surface area contributed by atoms with E-state index in [0.29, 0.717) is 5.52 Å². The molecule has 4 atom stereocenters. The van der Waals surface area contributed by atoms with Crippen LogP contribution in [0.1, 0.15) is 11.8 Å². The smallest absolute Gasteiger partial charge is 0.247 e. The van der Waals surface area contributed by atoms with Crippen LogP contribution in [0.4, 0.5) is 11.8 Å². The lowest BCUT2D eigenvalue weighted by Gasteiger charge is -2.16. The summed E-state index contributed by atoms with van der Waals surface area (Å²) < 4.78 is 12.1. The monoisotopic (exact) mass is 415 g/mol. The minimum absolute atomic E-state index is 0.104. The number of hydrazone groups is 1. The van der Waals surface area contributed by atoms with Crippen LogP contribution in [0.25, 0.3) is 11.2 Å². The molecule has 0 amide bonds. The Bertz CT molecular complexity index is 1060. The lowest BCUT2D eigenvalue weighted by atomic mass is 10.1. The van der Waals surface area contributed by atoms with Gasteiger partial charge in [-0.1, -0.05) is 0 Å². The predicted molar refractivity (Wildman–Crippen MR) is 107 cm³/mol. The molecule has 12 heteroatoms. The summed E-state index contributed by atoms with van der Waals surface area (Å²) in [5.41, 5.74) is 10.1. The molecule has 1 aliphatic heterocycles. The van der Waals surface area contributed by atoms with E-state index in [9.17, 15) is 15.3 Å². The zero-order valence-corrected chi connectivity index (χ0v) is 16.0. The van der Waals surface area contributed by atoms with E-state index in [1.165, 1.54) is 10.9 Å². The number of nitrogens with zero attached hydrogens (tertiary/aromatic N) is 5. The summed E-state index contributed by atoms with van der Waals surface area (Å²) in [7, 11) is 1.59. The van der Waals surface area contributed by atoms with Crippen molar-refractivity contribution >= 4 is 29.1 Å². The molecule has 3 heterocycles. The number of ether oxygens (including phenoxy) is 2. The standard InChI is InChI=1S/C18H21N7O5/c1-29-10-4-2-9(3-5-10)6-21-24-18-22-15(19)12-16(23-18)25(8-20-12)17-14(28)13(27)11(7-26)30-17/h2-6,8,11,13-14,17,26-28H,7H2,1H3,(H3,19,22,23,24)/b21-6+. The molecule has 1 aliphatic rings. The molecule has 0 spiro atoms. The van der Waals surface area contributed by atoms with Crippen molar-refractivity contribution in [1.82, 2.24) is 19.5 Å². The van der Waals surface area contributed by atoms with Gasteiger partial charge in [-0.15, -0.1) is 0 Å². The summed E-state index contributed by atoms with van der Waals surface area (Å²) in [5.74, 6) is 0.950. The van der Waals surface area contributed by atoms with Gasteiger partial charge in [-0.25, -0.2) is 10.4 Å². The summed E-state index contributed by atoms with van der Waals surface area (Å²) in [5, 5.41) is 33.7. The number of nitrogen functional groups attached to an aromatic ring is 1. The number of anilines is 2. The van der Waals surface area contributed by atoms with Crippen LogP contribution in [0.15, 0.2) is 35.7 Å². The highest BCUT2D eigenvalue weighted by Gasteiger charge is 2.44. The van der Waals surface area contributed by atoms with Gasteiger partial charge >= 0.3 is 0 Å². The third-order valence-corrected chi connectivity index (χ3v) is 4.73. The maximum atomic E-state index is 10.3. The first-order valence-electron chi connectivity index (χ1n) is 9.07. The van der Waals surface area contributed by atoms with Crippen LogP contribution in [-0.4, -0.2) is 73.1 Å². The topological polar surface area (TPSA) is 173 Å². The van der Waals surface area contributed by atoms with Crippen molar-refractivity contribution < 1.29 is 24.8 Å². The number of hydrogen-bond acceptors (Lipinski definition) is 11. The van der Waals surface area contributed by atoms with Gasteiger partial charge in [0.2, 0.25) is 5.95 Å². The Morgan fingerprint density at radius 3 is 2.70 bits per heavy atom. The van der Waals surface area contributed by atoms with E-state index in [4.69, 9.17) is 15.2 Å². The van der Waals surface area contributed by atoms with Crippen LogP contribution >= 0.6 is 0 Å². The van der Waals surface area contributed by atoms with Crippen LogP contribution in [0.2, 0.25) is 0 Å². The number of benzene rings is 1. The molecule has 2 aromatic heterocycles. The predicted octanol–water partition coefficient (Wildman–Crippen LogP) is -0.525. The van der Waals surface area contributed by atoms with Crippen LogP contribution in [0, 0.1) is 0 Å². The first-order chi connectivity index (χ1) is 14.5. The molecule has 0 saturated carbocycles. The first kappa shape index (κ1) is 20.0. The number of fused-ring (bicyclic) bond motifs is 1. The zero-order valence-electron chi connectivity index (χ0n) is 16.0. The number of aliphatic hydroxyl groups excluding tert-OH is 3. The lowest BCUT2D eigenvalue weighted by molar-refractivity contribution is -0.0511. The summed E-state index contributed by atoms with van der Waals surface area (Å²) in [6, 6.07) is 7.28. The van der Waals surface area contributed by atoms with Gasteiger partial charge in [0.05, 0.1) is 26.3 Å². The number of aromatic nitrogens is 4. The van der Waals surface area contributed by atoms with Crippen molar-refractivity contribution in [2.75, 3.05) is 24.9 Å². The van der Waals surface area contributed by atoms with Gasteiger partial charge in [-0.05, 0) is 29.8 Å². The molecule has 12 nitrogen and oxygen atoms in total. The van der Waals surface area contributed by atoms with Crippen molar-refractivity contribution in [1.29, 1.82) is 0 Å². The van der Waals surface area contributed by atoms with Crippen LogP contribution in [0.5, 0.6) is 5.75 Å². The number of methoxy groups -OCH3 is 1. The molecule has 1 aromatic carbocycles. The summed E-state index contributed by atoms with van der Waals surface area (Å²) in [6.45, 7) is -0.439. The van der Waals surface area contributed by atoms with Crippen molar-refractivity contribution in [2.45, 2.75) is 24.5 Å². The number of aliphatic hydroxyl groups is 3. The Kier molecular flexibility index (Phi) is 5.46. The maximum absolute atomic E-state index is 10.3. The highest BCUT2D eigenvalue weighted by molar-refractivity contribution is 5.83. The van der Waals surface area contributed by atoms with E-state index in [0.717, 1.165) is 11.3 Å². The molecule has 30 heavy (non-hydrogen) atoms. The van der Waals surface area contributed by atoms with Crippen molar-refractivity contribution in [3.63, 3.8) is 0 Å². The molecule has 6 N–H and O–H groups in total. The molecule has 0 radical (unpaired) electrons. The fourth-order valence-electron chi connectivity index (χ4n) is 3.14. The van der Waals surface area contributed by atoms with E-state index in [1.807, 2.05) is 12.1 Å². The molecule has 0 bridgehead atoms. The number of hydrogen-bond donors (Lipinski definition) is 5. The SMILES string of the molecule is COc1ccc(/C=N/Nc2nc(N)c3ncn(C4OC(CO)C(O)C4O)c3n2)cc1. The molecular formula is C18H21N7O5. The fourth-order valence-corrected chi connectivity index (χ4v) is 3.14. The van der Waals surface area contributed by atoms with Gasteiger partial charge in [0.15, 0.2) is 17.7 Å². The van der Waals surface area contributed by atoms with E-state index >= 15 is 0 Å². The van der Waals surface area contributed by atoms with Gasteiger partial charge in [-0.3, -0.25) is 4.57 Å². The van der Waals surface area contributed by atoms with E-state index in [-0.39, 0.29) is 17.4 Å². The third-order valence-electron chi connectivity index (χ3n) is 4.73. The second kappa shape index (κ2) is 8.20. The molecule has 158 valence electrons. The minimum atomic E-state index is -1.28. The molecule has 0 aliphatic carbocycles. The Morgan fingerprint density at radius 1 is 1.27 bits per heavy atom. The van der Waals surface area contributed by atoms with Gasteiger partial charge in [-0.2, -0.15) is 15.1 Å². The summed E-state index contributed by atoms with van der Waals surface area (Å²) in [4.78, 5) is 12.6. The summed E-state index contributed by atoms with van der Waals surface area (Å²) >= 11 is 0. The van der Waals surface area contributed by atoms with Crippen LogP contribution in [-0.2, 0) is 4.74 Å². The maximum Gasteiger partial charge on any atom is 0.247 e. The Balaban J connectivity index is 1.58. The minimum Gasteiger partial charge on any atom is -0.497 e. The number of nitrogens with one attached hydrogen (secondary N) is 1. The molecule has 1 fully saturated rings. The highest BCUT2D eigenvalue weighted by Crippen LogP contribution is 2.32. The summed E-state index contributed by atoms with van der Waals surface area (Å²) in [6.07, 6.45) is -1.49. The van der Waals surface area contributed by atoms with E-state index < -0.39 is 31.1 Å². The van der Waals surface area contributed by atoms with Gasteiger partial charge < -0.3 is 30.5 Å². The number of rotatable bonds is 6. The van der Waals surface area contributed by atoms with Crippen molar-refractivity contribution in [3.05, 3.63) is 36.2 Å². The molecule has 1 saturated heterocycles. The molecular weight excluding hydrogens is 394 g/mol. The normalized spacial score (nSPS) is 24.0. The molecule has 3 aromatic rings. The second-order valence-corrected chi connectivity index (χ2v) is 6.63. The zero-order chi connectivity index (χ0) is 21.3. The van der Waals surface area contributed by atoms with Crippen molar-refractivity contribution in [3.8, 4) is 5.75 Å². The average Bonchev–Trinajstić information content (AvgIpc) is 3.30. The Hall–Kier alpha value is -3.32. The number of nitrogens with two attached hydrogens (primary N) is 1. The van der Waals surface area contributed by atoms with Crippen LogP contribution < -0.4 is 15.9 Å². The van der Waals surface area contributed by atoms with E-state index in [2.05, 4.69) is 25.5 Å². The van der Waals surface area contributed by atoms with Crippen LogP contribution in [0.3, 0.4) is 0 Å². The quantitative estimate of drug-likeness (QED) is 0.260. The Morgan fingerprint density at radius 2 is 2.03 bits per heavy atom. The lowest BCUT2D eigenvalue weighted by Crippen LogP contribution is -2.33. The van der Waals surface area contributed by atoms with Gasteiger partial charge in [0, 0.05) is 0 Å². The van der Waals surface area contributed by atoms with Gasteiger partial charge in [0.25, 0.3) is 0 Å². The molecule has 4 rings (SSSR count). The van der Waals surface area contributed by atoms with E-state index in [1.54, 1.807) is 25.5 Å². The average molecular weight is 415 g/mol. The number of imidazole rings is 1. The largest absolute Gasteiger partial charge is 0.497 e. The third kappa shape index (κ3) is 3.64. The Labute approximate surface area is 170 Å².